The highest BCUT2D eigenvalue weighted by Crippen LogP contribution is 2.36. The number of ether oxygens (including phenoxy) is 3. The van der Waals surface area contributed by atoms with E-state index in [1.807, 2.05) is 0 Å². The molecule has 1 heterocycles. The van der Waals surface area contributed by atoms with Crippen LogP contribution < -0.4 is 9.47 Å². The number of carbonyl (C=O) groups is 1. The molecular weight excluding hydrogens is 347 g/mol. The number of rotatable bonds is 5. The first kappa shape index (κ1) is 16.5. The molecule has 112 valence electrons. The molecule has 0 aliphatic rings. The van der Waals surface area contributed by atoms with Crippen LogP contribution in [0.1, 0.15) is 11.3 Å². The van der Waals surface area contributed by atoms with E-state index in [0.29, 0.717) is 0 Å². The van der Waals surface area contributed by atoms with Crippen LogP contribution in [0.15, 0.2) is 6.20 Å². The van der Waals surface area contributed by atoms with Gasteiger partial charge in [0.1, 0.15) is 5.75 Å². The average molecular weight is 358 g/mol. The van der Waals surface area contributed by atoms with Gasteiger partial charge in [-0.2, -0.15) is 0 Å². The molecule has 0 saturated heterocycles. The summed E-state index contributed by atoms with van der Waals surface area (Å²) >= 11 is 3.01. The number of esters is 1. The van der Waals surface area contributed by atoms with Crippen molar-refractivity contribution < 1.29 is 32.2 Å². The third kappa shape index (κ3) is 4.26. The second-order valence-corrected chi connectivity index (χ2v) is 4.08. The first-order chi connectivity index (χ1) is 9.32. The van der Waals surface area contributed by atoms with Crippen LogP contribution in [0.4, 0.5) is 13.2 Å². The Bertz CT molecular complexity index is 493. The van der Waals surface area contributed by atoms with Crippen LogP contribution in [0.25, 0.3) is 0 Å². The summed E-state index contributed by atoms with van der Waals surface area (Å²) in [6, 6.07) is 0. The van der Waals surface area contributed by atoms with Crippen molar-refractivity contribution in [2.45, 2.75) is 18.1 Å². The number of aromatic nitrogens is 1. The highest BCUT2D eigenvalue weighted by atomic mass is 79.9. The molecule has 0 aliphatic heterocycles. The Kier molecular flexibility index (Phi) is 5.61. The van der Waals surface area contributed by atoms with Gasteiger partial charge in [0.05, 0.1) is 38.1 Å². The topological polar surface area (TPSA) is 57.7 Å². The zero-order valence-corrected chi connectivity index (χ0v) is 12.2. The molecule has 0 amide bonds. The fraction of sp³-hybridized carbons (Fsp3) is 0.455. The SMILES string of the molecule is COC(=O)Cc1c(OC)cnc(CBr)c1OC(F)(F)F. The summed E-state index contributed by atoms with van der Waals surface area (Å²) in [4.78, 5) is 15.1. The van der Waals surface area contributed by atoms with Crippen LogP contribution in [0.2, 0.25) is 0 Å². The fourth-order valence-electron chi connectivity index (χ4n) is 1.45. The van der Waals surface area contributed by atoms with Crippen LogP contribution in [0.3, 0.4) is 0 Å². The predicted molar refractivity (Wildman–Crippen MR) is 65.8 cm³/mol. The van der Waals surface area contributed by atoms with Crippen molar-refractivity contribution in [3.8, 4) is 11.5 Å². The second-order valence-electron chi connectivity index (χ2n) is 3.52. The zero-order valence-electron chi connectivity index (χ0n) is 10.6. The summed E-state index contributed by atoms with van der Waals surface area (Å²) in [5, 5.41) is 0.0244. The minimum atomic E-state index is -4.91. The lowest BCUT2D eigenvalue weighted by atomic mass is 10.1. The largest absolute Gasteiger partial charge is 0.573 e. The Balaban J connectivity index is 3.35. The highest BCUT2D eigenvalue weighted by Gasteiger charge is 2.35. The monoisotopic (exact) mass is 357 g/mol. The van der Waals surface area contributed by atoms with Gasteiger partial charge in [-0.3, -0.25) is 9.78 Å². The Labute approximate surface area is 121 Å². The van der Waals surface area contributed by atoms with E-state index in [-0.39, 0.29) is 22.3 Å². The highest BCUT2D eigenvalue weighted by molar-refractivity contribution is 9.08. The Morgan fingerprint density at radius 1 is 1.40 bits per heavy atom. The van der Waals surface area contributed by atoms with Crippen LogP contribution in [-0.2, 0) is 21.3 Å². The van der Waals surface area contributed by atoms with Crippen LogP contribution in [0.5, 0.6) is 11.5 Å². The minimum absolute atomic E-state index is 0.00188. The molecular formula is C11H11BrF3NO4. The minimum Gasteiger partial charge on any atom is -0.495 e. The average Bonchev–Trinajstić information content (AvgIpc) is 2.38. The molecule has 1 aromatic heterocycles. The fourth-order valence-corrected chi connectivity index (χ4v) is 1.85. The molecule has 0 radical (unpaired) electrons. The van der Waals surface area contributed by atoms with E-state index >= 15 is 0 Å². The number of hydrogen-bond donors (Lipinski definition) is 0. The number of hydrogen-bond acceptors (Lipinski definition) is 5. The lowest BCUT2D eigenvalue weighted by molar-refractivity contribution is -0.275. The van der Waals surface area contributed by atoms with E-state index in [9.17, 15) is 18.0 Å². The third-order valence-corrected chi connectivity index (χ3v) is 2.82. The van der Waals surface area contributed by atoms with Crippen LogP contribution >= 0.6 is 15.9 Å². The number of methoxy groups -OCH3 is 2. The van der Waals surface area contributed by atoms with E-state index in [1.54, 1.807) is 0 Å². The Hall–Kier alpha value is -1.51. The summed E-state index contributed by atoms with van der Waals surface area (Å²) in [6.07, 6.45) is -4.11. The van der Waals surface area contributed by atoms with E-state index in [2.05, 4.69) is 30.4 Å². The van der Waals surface area contributed by atoms with Gasteiger partial charge in [0.25, 0.3) is 0 Å². The summed E-state index contributed by atoms with van der Waals surface area (Å²) in [7, 11) is 2.38. The molecule has 1 rings (SSSR count). The van der Waals surface area contributed by atoms with Crippen LogP contribution in [0, 0.1) is 0 Å². The number of carbonyl (C=O) groups excluding carboxylic acids is 1. The predicted octanol–water partition coefficient (Wildman–Crippen LogP) is 2.60. The third-order valence-electron chi connectivity index (χ3n) is 2.28. The zero-order chi connectivity index (χ0) is 15.3. The van der Waals surface area contributed by atoms with Crippen molar-refractivity contribution in [1.29, 1.82) is 0 Å². The molecule has 9 heteroatoms. The Morgan fingerprint density at radius 3 is 2.50 bits per heavy atom. The molecule has 1 aromatic rings. The van der Waals surface area contributed by atoms with Gasteiger partial charge in [-0.15, -0.1) is 13.2 Å². The summed E-state index contributed by atoms with van der Waals surface area (Å²) in [6.45, 7) is 0. The number of alkyl halides is 4. The lowest BCUT2D eigenvalue weighted by Gasteiger charge is -2.17. The first-order valence-electron chi connectivity index (χ1n) is 5.25. The van der Waals surface area contributed by atoms with Crippen molar-refractivity contribution in [1.82, 2.24) is 4.98 Å². The molecule has 20 heavy (non-hydrogen) atoms. The maximum absolute atomic E-state index is 12.5. The Morgan fingerprint density at radius 2 is 2.05 bits per heavy atom. The van der Waals surface area contributed by atoms with Gasteiger partial charge in [-0.05, 0) is 0 Å². The summed E-state index contributed by atoms with van der Waals surface area (Å²) in [5.41, 5.74) is -0.0665. The number of halogens is 4. The van der Waals surface area contributed by atoms with Gasteiger partial charge in [0, 0.05) is 5.33 Å². The van der Waals surface area contributed by atoms with Gasteiger partial charge in [0.2, 0.25) is 0 Å². The number of nitrogens with zero attached hydrogens (tertiary/aromatic N) is 1. The van der Waals surface area contributed by atoms with E-state index in [0.717, 1.165) is 7.11 Å². The smallest absolute Gasteiger partial charge is 0.495 e. The molecule has 0 aromatic carbocycles. The second kappa shape index (κ2) is 6.78. The maximum Gasteiger partial charge on any atom is 0.573 e. The van der Waals surface area contributed by atoms with Gasteiger partial charge in [0.15, 0.2) is 5.75 Å². The van der Waals surface area contributed by atoms with Gasteiger partial charge >= 0.3 is 12.3 Å². The van der Waals surface area contributed by atoms with E-state index in [1.165, 1.54) is 13.3 Å². The van der Waals surface area contributed by atoms with E-state index < -0.39 is 24.5 Å². The molecule has 0 aliphatic carbocycles. The molecule has 0 saturated carbocycles. The van der Waals surface area contributed by atoms with Gasteiger partial charge in [-0.1, -0.05) is 15.9 Å². The van der Waals surface area contributed by atoms with Crippen molar-refractivity contribution in [2.75, 3.05) is 14.2 Å². The standard InChI is InChI=1S/C11H11BrF3NO4/c1-18-8-5-16-7(4-12)10(20-11(13,14)15)6(8)3-9(17)19-2/h5H,3-4H2,1-2H3. The first-order valence-corrected chi connectivity index (χ1v) is 6.37. The van der Waals surface area contributed by atoms with Crippen molar-refractivity contribution in [3.63, 3.8) is 0 Å². The van der Waals surface area contributed by atoms with E-state index in [4.69, 9.17) is 4.74 Å². The molecule has 0 unspecified atom stereocenters. The van der Waals surface area contributed by atoms with Gasteiger partial charge in [-0.25, -0.2) is 0 Å². The normalized spacial score (nSPS) is 11.1. The summed E-state index contributed by atoms with van der Waals surface area (Å²) < 4.78 is 50.7. The lowest BCUT2D eigenvalue weighted by Crippen LogP contribution is -2.21. The van der Waals surface area contributed by atoms with Crippen molar-refractivity contribution in [3.05, 3.63) is 17.5 Å². The van der Waals surface area contributed by atoms with Crippen molar-refractivity contribution >= 4 is 21.9 Å². The summed E-state index contributed by atoms with van der Waals surface area (Å²) in [5.74, 6) is -1.26. The molecule has 0 atom stereocenters. The van der Waals surface area contributed by atoms with Crippen molar-refractivity contribution in [2.24, 2.45) is 0 Å². The number of pyridine rings is 1. The molecule has 0 bridgehead atoms. The quantitative estimate of drug-likeness (QED) is 0.598. The van der Waals surface area contributed by atoms with Gasteiger partial charge < -0.3 is 14.2 Å². The molecule has 0 N–H and O–H groups in total. The maximum atomic E-state index is 12.5. The molecule has 5 nitrogen and oxygen atoms in total. The van der Waals surface area contributed by atoms with Crippen LogP contribution in [-0.4, -0.2) is 31.5 Å². The molecule has 0 spiro atoms. The molecule has 0 fully saturated rings.